The highest BCUT2D eigenvalue weighted by molar-refractivity contribution is 6.62. The maximum absolute atomic E-state index is 12.8. The molecule has 2 unspecified atom stereocenters. The van der Waals surface area contributed by atoms with Crippen molar-refractivity contribution < 1.29 is 23.6 Å². The highest BCUT2D eigenvalue weighted by Crippen LogP contribution is 2.37. The third-order valence-electron chi connectivity index (χ3n) is 8.06. The second-order valence-electron chi connectivity index (χ2n) is 11.3. The van der Waals surface area contributed by atoms with E-state index in [9.17, 15) is 4.79 Å². The molecule has 196 valence electrons. The molecule has 0 aliphatic carbocycles. The molecule has 2 atom stereocenters. The van der Waals surface area contributed by atoms with Crippen LogP contribution in [-0.2, 0) is 20.6 Å². The van der Waals surface area contributed by atoms with E-state index in [1.54, 1.807) is 7.11 Å². The van der Waals surface area contributed by atoms with Gasteiger partial charge in [0.2, 0.25) is 5.91 Å². The van der Waals surface area contributed by atoms with E-state index in [0.717, 1.165) is 33.6 Å². The number of fused-ring (bicyclic) bond motifs is 1. The SMILES string of the molecule is COc1ccc(CN2CC(C(C)Oc3cc(B4OC(C)(C)C(C)(C)O4)cn4ncc(C)c34)CC2=O)cc1. The second-order valence-corrected chi connectivity index (χ2v) is 11.3. The number of hydrogen-bond donors (Lipinski definition) is 0. The van der Waals surface area contributed by atoms with Gasteiger partial charge in [0.05, 0.1) is 24.5 Å². The summed E-state index contributed by atoms with van der Waals surface area (Å²) < 4.78 is 26.2. The molecule has 2 fully saturated rings. The summed E-state index contributed by atoms with van der Waals surface area (Å²) in [6, 6.07) is 9.84. The van der Waals surface area contributed by atoms with Crippen LogP contribution in [0.3, 0.4) is 0 Å². The molecular formula is C28H36BN3O5. The molecule has 37 heavy (non-hydrogen) atoms. The number of pyridine rings is 1. The van der Waals surface area contributed by atoms with Crippen molar-refractivity contribution in [2.24, 2.45) is 5.92 Å². The van der Waals surface area contributed by atoms with Crippen molar-refractivity contribution in [3.05, 3.63) is 53.9 Å². The Hall–Kier alpha value is -3.04. The molecule has 4 heterocycles. The number of aromatic nitrogens is 2. The molecule has 2 aromatic heterocycles. The van der Waals surface area contributed by atoms with Crippen LogP contribution in [0.1, 0.15) is 52.2 Å². The fourth-order valence-electron chi connectivity index (χ4n) is 4.97. The van der Waals surface area contributed by atoms with Gasteiger partial charge in [-0.15, -0.1) is 0 Å². The van der Waals surface area contributed by atoms with Crippen LogP contribution in [0.25, 0.3) is 5.52 Å². The van der Waals surface area contributed by atoms with Crippen LogP contribution >= 0.6 is 0 Å². The van der Waals surface area contributed by atoms with Gasteiger partial charge < -0.3 is 23.7 Å². The molecule has 5 rings (SSSR count). The average molecular weight is 505 g/mol. The lowest BCUT2D eigenvalue weighted by molar-refractivity contribution is -0.128. The van der Waals surface area contributed by atoms with E-state index in [-0.39, 0.29) is 17.9 Å². The number of likely N-dealkylation sites (tertiary alicyclic amines) is 1. The minimum atomic E-state index is -0.524. The van der Waals surface area contributed by atoms with Crippen LogP contribution in [0.4, 0.5) is 0 Å². The Balaban J connectivity index is 1.34. The van der Waals surface area contributed by atoms with Gasteiger partial charge in [-0.05, 0) is 70.9 Å². The molecule has 0 N–H and O–H groups in total. The lowest BCUT2D eigenvalue weighted by atomic mass is 9.80. The number of amides is 1. The molecular weight excluding hydrogens is 469 g/mol. The van der Waals surface area contributed by atoms with Gasteiger partial charge in [0.15, 0.2) is 0 Å². The minimum Gasteiger partial charge on any atom is -0.497 e. The Bertz CT molecular complexity index is 1290. The van der Waals surface area contributed by atoms with Crippen LogP contribution in [0.15, 0.2) is 42.7 Å². The summed E-state index contributed by atoms with van der Waals surface area (Å²) in [4.78, 5) is 14.8. The molecule has 0 radical (unpaired) electrons. The molecule has 0 spiro atoms. The van der Waals surface area contributed by atoms with E-state index < -0.39 is 18.3 Å². The topological polar surface area (TPSA) is 74.5 Å². The van der Waals surface area contributed by atoms with Gasteiger partial charge >= 0.3 is 7.12 Å². The predicted octanol–water partition coefficient (Wildman–Crippen LogP) is 3.77. The first kappa shape index (κ1) is 25.6. The molecule has 2 aliphatic rings. The minimum absolute atomic E-state index is 0.0783. The summed E-state index contributed by atoms with van der Waals surface area (Å²) in [7, 11) is 1.12. The maximum Gasteiger partial charge on any atom is 0.496 e. The highest BCUT2D eigenvalue weighted by atomic mass is 16.7. The van der Waals surface area contributed by atoms with Gasteiger partial charge in [-0.3, -0.25) is 4.79 Å². The van der Waals surface area contributed by atoms with Gasteiger partial charge in [-0.2, -0.15) is 5.10 Å². The Kier molecular flexibility index (Phi) is 6.48. The number of aryl methyl sites for hydroxylation is 1. The van der Waals surface area contributed by atoms with Crippen molar-refractivity contribution >= 4 is 24.0 Å². The lowest BCUT2D eigenvalue weighted by Gasteiger charge is -2.32. The fourth-order valence-corrected chi connectivity index (χ4v) is 4.97. The largest absolute Gasteiger partial charge is 0.497 e. The number of carbonyl (C=O) groups is 1. The van der Waals surface area contributed by atoms with Gasteiger partial charge in [0.1, 0.15) is 23.1 Å². The van der Waals surface area contributed by atoms with Crippen LogP contribution in [0, 0.1) is 12.8 Å². The number of methoxy groups -OCH3 is 1. The van der Waals surface area contributed by atoms with Gasteiger partial charge in [-0.25, -0.2) is 4.52 Å². The van der Waals surface area contributed by atoms with Crippen molar-refractivity contribution in [1.29, 1.82) is 0 Å². The van der Waals surface area contributed by atoms with Gasteiger partial charge in [0, 0.05) is 37.1 Å². The van der Waals surface area contributed by atoms with E-state index in [0.29, 0.717) is 19.5 Å². The number of nitrogens with zero attached hydrogens (tertiary/aromatic N) is 3. The molecule has 8 nitrogen and oxygen atoms in total. The summed E-state index contributed by atoms with van der Waals surface area (Å²) >= 11 is 0. The Morgan fingerprint density at radius 3 is 2.49 bits per heavy atom. The zero-order chi connectivity index (χ0) is 26.5. The fraction of sp³-hybridized carbons (Fsp3) is 0.500. The number of rotatable bonds is 7. The van der Waals surface area contributed by atoms with Crippen molar-refractivity contribution in [3.63, 3.8) is 0 Å². The zero-order valence-electron chi connectivity index (χ0n) is 22.8. The van der Waals surface area contributed by atoms with Crippen LogP contribution in [-0.4, -0.2) is 58.5 Å². The maximum atomic E-state index is 12.8. The van der Waals surface area contributed by atoms with E-state index in [4.69, 9.17) is 18.8 Å². The smallest absolute Gasteiger partial charge is 0.496 e. The molecule has 0 bridgehead atoms. The second kappa shape index (κ2) is 9.37. The van der Waals surface area contributed by atoms with Gasteiger partial charge in [-0.1, -0.05) is 12.1 Å². The average Bonchev–Trinajstić information content (AvgIpc) is 3.47. The van der Waals surface area contributed by atoms with Gasteiger partial charge in [0.25, 0.3) is 0 Å². The normalized spacial score (nSPS) is 21.6. The Morgan fingerprint density at radius 2 is 1.84 bits per heavy atom. The van der Waals surface area contributed by atoms with E-state index in [2.05, 4.69) is 5.10 Å². The summed E-state index contributed by atoms with van der Waals surface area (Å²) in [6.07, 6.45) is 4.06. The van der Waals surface area contributed by atoms with E-state index in [1.807, 2.05) is 93.7 Å². The monoisotopic (exact) mass is 505 g/mol. The summed E-state index contributed by atoms with van der Waals surface area (Å²) in [5.74, 6) is 1.75. The third kappa shape index (κ3) is 4.82. The third-order valence-corrected chi connectivity index (χ3v) is 8.06. The number of ether oxygens (including phenoxy) is 2. The van der Waals surface area contributed by atoms with Crippen molar-refractivity contribution in [1.82, 2.24) is 14.5 Å². The predicted molar refractivity (Wildman–Crippen MR) is 142 cm³/mol. The molecule has 1 amide bonds. The van der Waals surface area contributed by atoms with Crippen molar-refractivity contribution in [2.45, 2.75) is 71.8 Å². The molecule has 1 aromatic carbocycles. The lowest BCUT2D eigenvalue weighted by Crippen LogP contribution is -2.41. The molecule has 2 saturated heterocycles. The standard InChI is InChI=1S/C28H36BN3O5/c1-18-14-30-32-17-22(29-36-27(3,4)28(5,6)37-29)13-24(26(18)32)35-19(2)21-12-25(33)31(16-21)15-20-8-10-23(34-7)11-9-20/h8-11,13-14,17,19,21H,12,15-16H2,1-7H3. The summed E-state index contributed by atoms with van der Waals surface area (Å²) in [5, 5.41) is 4.53. The first-order valence-electron chi connectivity index (χ1n) is 12.9. The first-order chi connectivity index (χ1) is 17.5. The number of hydrogen-bond acceptors (Lipinski definition) is 6. The van der Waals surface area contributed by atoms with E-state index >= 15 is 0 Å². The molecule has 0 saturated carbocycles. The summed E-state index contributed by atoms with van der Waals surface area (Å²) in [5.41, 5.74) is 2.96. The quantitative estimate of drug-likeness (QED) is 0.456. The van der Waals surface area contributed by atoms with Crippen LogP contribution < -0.4 is 14.9 Å². The molecule has 3 aromatic rings. The van der Waals surface area contributed by atoms with Crippen LogP contribution in [0.2, 0.25) is 0 Å². The first-order valence-corrected chi connectivity index (χ1v) is 12.9. The van der Waals surface area contributed by atoms with Crippen molar-refractivity contribution in [3.8, 4) is 11.5 Å². The number of carbonyl (C=O) groups excluding carboxylic acids is 1. The molecule has 9 heteroatoms. The van der Waals surface area contributed by atoms with Crippen LogP contribution in [0.5, 0.6) is 11.5 Å². The summed E-state index contributed by atoms with van der Waals surface area (Å²) in [6.45, 7) is 13.4. The molecule has 2 aliphatic heterocycles. The van der Waals surface area contributed by atoms with E-state index in [1.165, 1.54) is 0 Å². The Labute approximate surface area is 219 Å². The number of benzene rings is 1. The highest BCUT2D eigenvalue weighted by Gasteiger charge is 2.52. The Morgan fingerprint density at radius 1 is 1.16 bits per heavy atom. The zero-order valence-corrected chi connectivity index (χ0v) is 22.8. The van der Waals surface area contributed by atoms with Crippen molar-refractivity contribution in [2.75, 3.05) is 13.7 Å².